The van der Waals surface area contributed by atoms with Crippen molar-refractivity contribution in [3.63, 3.8) is 0 Å². The summed E-state index contributed by atoms with van der Waals surface area (Å²) in [4.78, 5) is 4.87. The third-order valence-electron chi connectivity index (χ3n) is 11.2. The van der Waals surface area contributed by atoms with Gasteiger partial charge in [0.05, 0.1) is 21.5 Å². The summed E-state index contributed by atoms with van der Waals surface area (Å²) in [6.45, 7) is 0. The van der Waals surface area contributed by atoms with Crippen molar-refractivity contribution in [2.45, 2.75) is 0 Å². The maximum atomic E-state index is 6.55. The molecule has 0 aliphatic carbocycles. The SMILES string of the molecule is c1ccc(N(c2ccccc2)c2cc(N(c3ccc4c(c3)sc3ccccc34)c3cccc4oc5ccccc5c34)c3sc4cc5ccccc5cc4c3c2)cc1. The summed E-state index contributed by atoms with van der Waals surface area (Å²) < 4.78 is 11.6. The highest BCUT2D eigenvalue weighted by molar-refractivity contribution is 7.26. The number of furan rings is 1. The number of nitrogens with zero attached hydrogens (tertiary/aromatic N) is 2. The van der Waals surface area contributed by atoms with Crippen LogP contribution in [0.3, 0.4) is 0 Å². The minimum absolute atomic E-state index is 0.867. The zero-order valence-corrected chi connectivity index (χ0v) is 32.2. The van der Waals surface area contributed by atoms with Gasteiger partial charge < -0.3 is 14.2 Å². The lowest BCUT2D eigenvalue weighted by molar-refractivity contribution is 0.669. The van der Waals surface area contributed by atoms with Crippen molar-refractivity contribution in [1.82, 2.24) is 0 Å². The van der Waals surface area contributed by atoms with Crippen molar-refractivity contribution >= 4 is 130 Å². The number of anilines is 6. The average molecular weight is 765 g/mol. The van der Waals surface area contributed by atoms with Crippen LogP contribution in [0.1, 0.15) is 0 Å². The van der Waals surface area contributed by atoms with Gasteiger partial charge in [0.15, 0.2) is 0 Å². The summed E-state index contributed by atoms with van der Waals surface area (Å²) in [5, 5.41) is 9.72. The Labute approximate surface area is 336 Å². The molecule has 3 aromatic heterocycles. The third kappa shape index (κ3) is 5.17. The minimum atomic E-state index is 0.867. The number of hydrogen-bond acceptors (Lipinski definition) is 5. The van der Waals surface area contributed by atoms with Gasteiger partial charge in [0.1, 0.15) is 11.2 Å². The Hall–Kier alpha value is -6.92. The Morgan fingerprint density at radius 1 is 0.333 bits per heavy atom. The summed E-state index contributed by atoms with van der Waals surface area (Å²) in [5.74, 6) is 0. The second-order valence-corrected chi connectivity index (χ2v) is 16.6. The number of para-hydroxylation sites is 3. The van der Waals surface area contributed by atoms with Crippen LogP contribution >= 0.6 is 22.7 Å². The van der Waals surface area contributed by atoms with Crippen LogP contribution in [0.4, 0.5) is 34.1 Å². The molecule has 268 valence electrons. The first-order valence-corrected chi connectivity index (χ1v) is 20.8. The number of benzene rings is 9. The number of rotatable bonds is 6. The van der Waals surface area contributed by atoms with E-state index in [4.69, 9.17) is 4.42 Å². The van der Waals surface area contributed by atoms with Gasteiger partial charge in [-0.1, -0.05) is 109 Å². The lowest BCUT2D eigenvalue weighted by Gasteiger charge is -2.30. The lowest BCUT2D eigenvalue weighted by Crippen LogP contribution is -2.13. The van der Waals surface area contributed by atoms with Gasteiger partial charge in [-0.3, -0.25) is 0 Å². The van der Waals surface area contributed by atoms with Crippen LogP contribution in [-0.2, 0) is 0 Å². The highest BCUT2D eigenvalue weighted by Crippen LogP contribution is 2.52. The standard InChI is InChI=1S/C52H32N2OS2/c1-3-16-35(17-4-1)53(36-18-5-2-6-19-36)38-30-43-42-28-33-14-7-8-15-34(33)29-49(42)57-52(43)45(31-38)54(37-26-27-40-39-20-10-12-25-48(39)56-50(40)32-37)44-22-13-24-47-51(44)41-21-9-11-23-46(41)55-47/h1-32H. The van der Waals surface area contributed by atoms with Crippen LogP contribution in [0, 0.1) is 0 Å². The molecule has 9 aromatic carbocycles. The molecule has 0 spiro atoms. The maximum absolute atomic E-state index is 6.55. The number of fused-ring (bicyclic) bond motifs is 10. The normalized spacial score (nSPS) is 11.9. The molecule has 12 aromatic rings. The third-order valence-corrected chi connectivity index (χ3v) is 13.5. The van der Waals surface area contributed by atoms with Gasteiger partial charge in [0, 0.05) is 63.8 Å². The van der Waals surface area contributed by atoms with Crippen molar-refractivity contribution in [2.75, 3.05) is 9.80 Å². The Balaban J connectivity index is 1.23. The summed E-state index contributed by atoms with van der Waals surface area (Å²) in [6.07, 6.45) is 0. The van der Waals surface area contributed by atoms with E-state index >= 15 is 0 Å². The monoisotopic (exact) mass is 764 g/mol. The first-order valence-electron chi connectivity index (χ1n) is 19.2. The lowest BCUT2D eigenvalue weighted by atomic mass is 10.0. The number of hydrogen-bond donors (Lipinski definition) is 0. The first kappa shape index (κ1) is 32.3. The van der Waals surface area contributed by atoms with E-state index in [1.807, 2.05) is 28.7 Å². The quantitative estimate of drug-likeness (QED) is 0.168. The Kier molecular flexibility index (Phi) is 7.27. The van der Waals surface area contributed by atoms with E-state index in [0.29, 0.717) is 0 Å². The second kappa shape index (κ2) is 12.8. The van der Waals surface area contributed by atoms with Crippen LogP contribution in [0.15, 0.2) is 199 Å². The van der Waals surface area contributed by atoms with E-state index in [1.54, 1.807) is 0 Å². The van der Waals surface area contributed by atoms with Gasteiger partial charge in [-0.2, -0.15) is 0 Å². The first-order chi connectivity index (χ1) is 28.2. The molecule has 57 heavy (non-hydrogen) atoms. The van der Waals surface area contributed by atoms with E-state index in [2.05, 4.69) is 198 Å². The van der Waals surface area contributed by atoms with E-state index in [9.17, 15) is 0 Å². The van der Waals surface area contributed by atoms with Crippen LogP contribution in [0.2, 0.25) is 0 Å². The predicted molar refractivity (Wildman–Crippen MR) is 246 cm³/mol. The van der Waals surface area contributed by atoms with Crippen molar-refractivity contribution in [3.8, 4) is 0 Å². The number of thiophene rings is 2. The summed E-state index contributed by atoms with van der Waals surface area (Å²) in [5.41, 5.74) is 8.31. The fraction of sp³-hybridized carbons (Fsp3) is 0. The smallest absolute Gasteiger partial charge is 0.137 e. The van der Waals surface area contributed by atoms with Gasteiger partial charge >= 0.3 is 0 Å². The molecule has 0 amide bonds. The van der Waals surface area contributed by atoms with Crippen LogP contribution in [-0.4, -0.2) is 0 Å². The summed E-state index contributed by atoms with van der Waals surface area (Å²) >= 11 is 3.72. The minimum Gasteiger partial charge on any atom is -0.456 e. The molecule has 5 heteroatoms. The Morgan fingerprint density at radius 2 is 0.982 bits per heavy atom. The molecule has 0 aliphatic heterocycles. The van der Waals surface area contributed by atoms with Gasteiger partial charge in [-0.05, 0) is 95.7 Å². The van der Waals surface area contributed by atoms with Crippen molar-refractivity contribution in [1.29, 1.82) is 0 Å². The highest BCUT2D eigenvalue weighted by atomic mass is 32.1. The Morgan fingerprint density at radius 3 is 1.79 bits per heavy atom. The molecule has 0 aliphatic rings. The fourth-order valence-corrected chi connectivity index (χ4v) is 11.0. The molecule has 0 saturated heterocycles. The van der Waals surface area contributed by atoms with Gasteiger partial charge in [0.25, 0.3) is 0 Å². The molecule has 3 heterocycles. The molecule has 0 atom stereocenters. The molecular formula is C52H32N2OS2. The zero-order valence-electron chi connectivity index (χ0n) is 30.6. The molecule has 0 fully saturated rings. The summed E-state index contributed by atoms with van der Waals surface area (Å²) in [7, 11) is 0. The van der Waals surface area contributed by atoms with Gasteiger partial charge in [0.2, 0.25) is 0 Å². The van der Waals surface area contributed by atoms with Gasteiger partial charge in [-0.25, -0.2) is 0 Å². The van der Waals surface area contributed by atoms with Crippen LogP contribution in [0.25, 0.3) is 73.1 Å². The molecule has 0 saturated carbocycles. The van der Waals surface area contributed by atoms with E-state index in [1.165, 1.54) is 51.1 Å². The molecular weight excluding hydrogens is 733 g/mol. The molecule has 0 unspecified atom stereocenters. The van der Waals surface area contributed by atoms with Crippen molar-refractivity contribution in [2.24, 2.45) is 0 Å². The van der Waals surface area contributed by atoms with E-state index < -0.39 is 0 Å². The van der Waals surface area contributed by atoms with E-state index in [-0.39, 0.29) is 0 Å². The Bertz CT molecular complexity index is 3450. The van der Waals surface area contributed by atoms with Crippen molar-refractivity contribution < 1.29 is 4.42 Å². The van der Waals surface area contributed by atoms with Crippen LogP contribution < -0.4 is 9.80 Å². The topological polar surface area (TPSA) is 19.6 Å². The second-order valence-electron chi connectivity index (χ2n) is 14.5. The molecule has 0 N–H and O–H groups in total. The maximum Gasteiger partial charge on any atom is 0.137 e. The molecule has 0 radical (unpaired) electrons. The largest absolute Gasteiger partial charge is 0.456 e. The predicted octanol–water partition coefficient (Wildman–Crippen LogP) is 16.4. The van der Waals surface area contributed by atoms with E-state index in [0.717, 1.165) is 56.1 Å². The average Bonchev–Trinajstić information content (AvgIpc) is 3.95. The van der Waals surface area contributed by atoms with Crippen LogP contribution in [0.5, 0.6) is 0 Å². The van der Waals surface area contributed by atoms with Crippen molar-refractivity contribution in [3.05, 3.63) is 194 Å². The fourth-order valence-electron chi connectivity index (χ4n) is 8.63. The van der Waals surface area contributed by atoms with Gasteiger partial charge in [-0.15, -0.1) is 22.7 Å². The molecule has 3 nitrogen and oxygen atoms in total. The summed E-state index contributed by atoms with van der Waals surface area (Å²) in [6, 6.07) is 70.3. The molecule has 0 bridgehead atoms. The molecule has 12 rings (SSSR count). The highest BCUT2D eigenvalue weighted by Gasteiger charge is 2.26. The zero-order chi connectivity index (χ0) is 37.5.